The molecule has 0 amide bonds. The number of carboxylic acids is 1. The van der Waals surface area contributed by atoms with Crippen molar-refractivity contribution in [1.29, 1.82) is 0 Å². The number of rotatable bonds is 4. The van der Waals surface area contributed by atoms with E-state index in [9.17, 15) is 9.18 Å². The molecule has 3 nitrogen and oxygen atoms in total. The number of aromatic carboxylic acids is 1. The van der Waals surface area contributed by atoms with Crippen molar-refractivity contribution in [2.24, 2.45) is 0 Å². The van der Waals surface area contributed by atoms with Crippen molar-refractivity contribution in [2.75, 3.05) is 0 Å². The summed E-state index contributed by atoms with van der Waals surface area (Å²) in [5.41, 5.74) is 0.690. The average Bonchev–Trinajstić information content (AvgIpc) is 2.39. The highest BCUT2D eigenvalue weighted by Gasteiger charge is 2.17. The molecule has 0 aliphatic rings. The molecule has 0 fully saturated rings. The van der Waals surface area contributed by atoms with Crippen molar-refractivity contribution in [2.45, 2.75) is 19.8 Å². The van der Waals surface area contributed by atoms with Crippen molar-refractivity contribution in [3.8, 4) is 11.5 Å². The Morgan fingerprint density at radius 1 is 1.15 bits per heavy atom. The van der Waals surface area contributed by atoms with Crippen molar-refractivity contribution in [3.05, 3.63) is 59.4 Å². The zero-order valence-electron chi connectivity index (χ0n) is 11.3. The van der Waals surface area contributed by atoms with Gasteiger partial charge in [0.05, 0.1) is 0 Å². The van der Waals surface area contributed by atoms with E-state index < -0.39 is 17.3 Å². The van der Waals surface area contributed by atoms with E-state index in [1.165, 1.54) is 12.1 Å². The molecular formula is C16H15FO3. The molecule has 0 saturated carbocycles. The maximum Gasteiger partial charge on any atom is 0.342 e. The first-order chi connectivity index (χ1) is 9.49. The molecule has 0 atom stereocenters. The minimum Gasteiger partial charge on any atom is -0.477 e. The molecule has 0 heterocycles. The van der Waals surface area contributed by atoms with Crippen LogP contribution in [0.15, 0.2) is 42.5 Å². The summed E-state index contributed by atoms with van der Waals surface area (Å²) >= 11 is 0. The highest BCUT2D eigenvalue weighted by molar-refractivity contribution is 5.91. The maximum atomic E-state index is 13.5. The molecule has 20 heavy (non-hydrogen) atoms. The largest absolute Gasteiger partial charge is 0.477 e. The molecule has 2 aromatic rings. The minimum absolute atomic E-state index is 0.00482. The van der Waals surface area contributed by atoms with E-state index in [1.807, 2.05) is 12.1 Å². The molecule has 1 N–H and O–H groups in total. The first kappa shape index (κ1) is 14.1. The van der Waals surface area contributed by atoms with Gasteiger partial charge in [-0.25, -0.2) is 9.18 Å². The summed E-state index contributed by atoms with van der Waals surface area (Å²) < 4.78 is 19.0. The van der Waals surface area contributed by atoms with E-state index in [2.05, 4.69) is 13.8 Å². The van der Waals surface area contributed by atoms with Crippen molar-refractivity contribution in [1.82, 2.24) is 0 Å². The maximum absolute atomic E-state index is 13.5. The van der Waals surface area contributed by atoms with E-state index >= 15 is 0 Å². The van der Waals surface area contributed by atoms with Gasteiger partial charge in [0.2, 0.25) is 0 Å². The fourth-order valence-electron chi connectivity index (χ4n) is 1.84. The second-order valence-corrected chi connectivity index (χ2v) is 4.74. The minimum atomic E-state index is -1.35. The summed E-state index contributed by atoms with van der Waals surface area (Å²) in [6, 6.07) is 11.2. The Morgan fingerprint density at radius 2 is 1.80 bits per heavy atom. The molecule has 4 heteroatoms. The van der Waals surface area contributed by atoms with Gasteiger partial charge in [0, 0.05) is 0 Å². The van der Waals surface area contributed by atoms with Crippen LogP contribution in [0.2, 0.25) is 0 Å². The van der Waals surface area contributed by atoms with Crippen molar-refractivity contribution < 1.29 is 19.0 Å². The van der Waals surface area contributed by atoms with E-state index in [-0.39, 0.29) is 5.75 Å². The van der Waals surface area contributed by atoms with Gasteiger partial charge in [-0.2, -0.15) is 0 Å². The summed E-state index contributed by atoms with van der Waals surface area (Å²) in [7, 11) is 0. The Balaban J connectivity index is 2.30. The number of benzene rings is 2. The molecular weight excluding hydrogens is 259 g/mol. The molecule has 0 bridgehead atoms. The molecule has 2 aromatic carbocycles. The van der Waals surface area contributed by atoms with Crippen LogP contribution in [0.4, 0.5) is 4.39 Å². The molecule has 0 saturated heterocycles. The fraction of sp³-hybridized carbons (Fsp3) is 0.188. The standard InChI is InChI=1S/C16H15FO3/c1-10(2)11-6-8-12(9-7-11)20-14-5-3-4-13(17)15(14)16(18)19/h3-10H,1-2H3,(H,18,19). The van der Waals surface area contributed by atoms with E-state index in [1.54, 1.807) is 12.1 Å². The van der Waals surface area contributed by atoms with E-state index in [0.29, 0.717) is 11.7 Å². The molecule has 0 spiro atoms. The van der Waals surface area contributed by atoms with Gasteiger partial charge in [-0.3, -0.25) is 0 Å². The van der Waals surface area contributed by atoms with Crippen LogP contribution in [-0.4, -0.2) is 11.1 Å². The Bertz CT molecular complexity index is 618. The highest BCUT2D eigenvalue weighted by Crippen LogP contribution is 2.28. The van der Waals surface area contributed by atoms with E-state index in [0.717, 1.165) is 11.6 Å². The van der Waals surface area contributed by atoms with Gasteiger partial charge in [-0.15, -0.1) is 0 Å². The van der Waals surface area contributed by atoms with Crippen LogP contribution < -0.4 is 4.74 Å². The summed E-state index contributed by atoms with van der Waals surface area (Å²) in [6.07, 6.45) is 0. The number of carbonyl (C=O) groups is 1. The lowest BCUT2D eigenvalue weighted by molar-refractivity contribution is 0.0689. The lowest BCUT2D eigenvalue weighted by atomic mass is 10.0. The van der Waals surface area contributed by atoms with Gasteiger partial charge < -0.3 is 9.84 Å². The van der Waals surface area contributed by atoms with E-state index in [4.69, 9.17) is 9.84 Å². The predicted octanol–water partition coefficient (Wildman–Crippen LogP) is 4.44. The van der Waals surface area contributed by atoms with Crippen molar-refractivity contribution >= 4 is 5.97 Å². The van der Waals surface area contributed by atoms with Crippen LogP contribution in [0.1, 0.15) is 35.7 Å². The Morgan fingerprint density at radius 3 is 2.35 bits per heavy atom. The molecule has 0 aromatic heterocycles. The van der Waals surface area contributed by atoms with Crippen LogP contribution in [-0.2, 0) is 0 Å². The van der Waals surface area contributed by atoms with Gasteiger partial charge in [0.1, 0.15) is 22.9 Å². The number of hydrogen-bond acceptors (Lipinski definition) is 2. The third kappa shape index (κ3) is 2.96. The first-order valence-electron chi connectivity index (χ1n) is 6.28. The van der Waals surface area contributed by atoms with Crippen molar-refractivity contribution in [3.63, 3.8) is 0 Å². The number of hydrogen-bond donors (Lipinski definition) is 1. The SMILES string of the molecule is CC(C)c1ccc(Oc2cccc(F)c2C(=O)O)cc1. The summed E-state index contributed by atoms with van der Waals surface area (Å²) in [6.45, 7) is 4.15. The topological polar surface area (TPSA) is 46.5 Å². The number of carboxylic acid groups (broad SMARTS) is 1. The second kappa shape index (κ2) is 5.74. The third-order valence-corrected chi connectivity index (χ3v) is 2.96. The predicted molar refractivity (Wildman–Crippen MR) is 74.0 cm³/mol. The summed E-state index contributed by atoms with van der Waals surface area (Å²) in [5.74, 6) is -1.30. The molecule has 2 rings (SSSR count). The van der Waals surface area contributed by atoms with Gasteiger partial charge in [0.15, 0.2) is 0 Å². The van der Waals surface area contributed by atoms with Gasteiger partial charge in [-0.1, -0.05) is 32.0 Å². The van der Waals surface area contributed by atoms with Gasteiger partial charge >= 0.3 is 5.97 Å². The number of ether oxygens (including phenoxy) is 1. The lowest BCUT2D eigenvalue weighted by Gasteiger charge is -2.10. The second-order valence-electron chi connectivity index (χ2n) is 4.74. The normalized spacial score (nSPS) is 10.6. The zero-order chi connectivity index (χ0) is 14.7. The monoisotopic (exact) mass is 274 g/mol. The van der Waals surface area contributed by atoms with Crippen LogP contribution in [0.3, 0.4) is 0 Å². The van der Waals surface area contributed by atoms with Crippen LogP contribution in [0.5, 0.6) is 11.5 Å². The molecule has 0 radical (unpaired) electrons. The quantitative estimate of drug-likeness (QED) is 0.896. The van der Waals surface area contributed by atoms with Gasteiger partial charge in [-0.05, 0) is 35.7 Å². The smallest absolute Gasteiger partial charge is 0.342 e. The van der Waals surface area contributed by atoms with Crippen LogP contribution in [0, 0.1) is 5.82 Å². The molecule has 104 valence electrons. The summed E-state index contributed by atoms with van der Waals surface area (Å²) in [5, 5.41) is 9.02. The van der Waals surface area contributed by atoms with Crippen LogP contribution >= 0.6 is 0 Å². The third-order valence-electron chi connectivity index (χ3n) is 2.96. The summed E-state index contributed by atoms with van der Waals surface area (Å²) in [4.78, 5) is 11.1. The number of halogens is 1. The molecule has 0 unspecified atom stereocenters. The Labute approximate surface area is 116 Å². The first-order valence-corrected chi connectivity index (χ1v) is 6.28. The van der Waals surface area contributed by atoms with Gasteiger partial charge in [0.25, 0.3) is 0 Å². The fourth-order valence-corrected chi connectivity index (χ4v) is 1.84. The molecule has 0 aliphatic heterocycles. The zero-order valence-corrected chi connectivity index (χ0v) is 11.3. The highest BCUT2D eigenvalue weighted by atomic mass is 19.1. The average molecular weight is 274 g/mol. The van der Waals surface area contributed by atoms with Crippen LogP contribution in [0.25, 0.3) is 0 Å². The molecule has 0 aliphatic carbocycles. The Kier molecular flexibility index (Phi) is 4.03. The lowest BCUT2D eigenvalue weighted by Crippen LogP contribution is -2.03. The Hall–Kier alpha value is -2.36.